The highest BCUT2D eigenvalue weighted by molar-refractivity contribution is 7.80. The van der Waals surface area contributed by atoms with Crippen LogP contribution in [0.3, 0.4) is 0 Å². The van der Waals surface area contributed by atoms with Crippen molar-refractivity contribution in [1.82, 2.24) is 10.6 Å². The van der Waals surface area contributed by atoms with Gasteiger partial charge in [-0.05, 0) is 75.0 Å². The second-order valence-electron chi connectivity index (χ2n) is 6.44. The van der Waals surface area contributed by atoms with E-state index < -0.39 is 0 Å². The Morgan fingerprint density at radius 2 is 1.75 bits per heavy atom. The van der Waals surface area contributed by atoms with Crippen LogP contribution in [-0.4, -0.2) is 29.6 Å². The number of benzene rings is 2. The molecule has 3 N–H and O–H groups in total. The lowest BCUT2D eigenvalue weighted by Gasteiger charge is -2.12. The van der Waals surface area contributed by atoms with E-state index in [0.717, 1.165) is 6.42 Å². The molecule has 2 aromatic rings. The molecule has 0 saturated carbocycles. The van der Waals surface area contributed by atoms with Crippen LogP contribution in [0.1, 0.15) is 47.9 Å². The lowest BCUT2D eigenvalue weighted by Crippen LogP contribution is -2.34. The van der Waals surface area contributed by atoms with E-state index >= 15 is 0 Å². The second kappa shape index (κ2) is 10.4. The number of hydrogen-bond donors (Lipinski definition) is 3. The Bertz CT molecular complexity index is 835. The summed E-state index contributed by atoms with van der Waals surface area (Å²) in [6, 6.07) is 13.8. The van der Waals surface area contributed by atoms with Gasteiger partial charge in [0.1, 0.15) is 5.75 Å². The molecular weight excluding hydrogens is 374 g/mol. The standard InChI is InChI=1S/C21H25N3O3S/c1-4-12-22-19(25)15-8-10-17(11-9-15)23-21(28)24-20(26)16-6-5-7-18(13-16)27-14(2)3/h5-11,13-14H,4,12H2,1-3H3,(H,22,25)(H2,23,24,26,28). The first-order chi connectivity index (χ1) is 13.4. The summed E-state index contributed by atoms with van der Waals surface area (Å²) in [5.41, 5.74) is 1.69. The van der Waals surface area contributed by atoms with Crippen molar-refractivity contribution in [2.45, 2.75) is 33.3 Å². The molecule has 0 unspecified atom stereocenters. The average Bonchev–Trinajstić information content (AvgIpc) is 2.66. The van der Waals surface area contributed by atoms with Crippen molar-refractivity contribution >= 4 is 34.8 Å². The molecule has 28 heavy (non-hydrogen) atoms. The third kappa shape index (κ3) is 6.66. The Kier molecular flexibility index (Phi) is 7.95. The zero-order valence-corrected chi connectivity index (χ0v) is 17.1. The first-order valence-electron chi connectivity index (χ1n) is 9.16. The summed E-state index contributed by atoms with van der Waals surface area (Å²) in [7, 11) is 0. The zero-order chi connectivity index (χ0) is 20.5. The van der Waals surface area contributed by atoms with Gasteiger partial charge in [0.15, 0.2) is 5.11 Å². The number of rotatable bonds is 7. The highest BCUT2D eigenvalue weighted by atomic mass is 32.1. The highest BCUT2D eigenvalue weighted by Crippen LogP contribution is 2.15. The van der Waals surface area contributed by atoms with Crippen molar-refractivity contribution in [3.05, 3.63) is 59.7 Å². The second-order valence-corrected chi connectivity index (χ2v) is 6.84. The van der Waals surface area contributed by atoms with Gasteiger partial charge < -0.3 is 15.4 Å². The van der Waals surface area contributed by atoms with E-state index in [1.54, 1.807) is 48.5 Å². The van der Waals surface area contributed by atoms with Crippen LogP contribution < -0.4 is 20.7 Å². The predicted octanol–water partition coefficient (Wildman–Crippen LogP) is 3.74. The number of anilines is 1. The molecule has 7 heteroatoms. The van der Waals surface area contributed by atoms with Crippen LogP contribution in [0.5, 0.6) is 5.75 Å². The fourth-order valence-corrected chi connectivity index (χ4v) is 2.58. The maximum absolute atomic E-state index is 12.4. The lowest BCUT2D eigenvalue weighted by molar-refractivity contribution is 0.0951. The first kappa shape index (κ1) is 21.4. The van der Waals surface area contributed by atoms with Crippen molar-refractivity contribution in [2.24, 2.45) is 0 Å². The summed E-state index contributed by atoms with van der Waals surface area (Å²) < 4.78 is 5.60. The van der Waals surface area contributed by atoms with Crippen molar-refractivity contribution in [2.75, 3.05) is 11.9 Å². The molecular formula is C21H25N3O3S. The number of amides is 2. The summed E-state index contributed by atoms with van der Waals surface area (Å²) in [5, 5.41) is 8.56. The van der Waals surface area contributed by atoms with Gasteiger partial charge in [-0.1, -0.05) is 13.0 Å². The molecule has 0 bridgehead atoms. The minimum atomic E-state index is -0.331. The van der Waals surface area contributed by atoms with Crippen molar-refractivity contribution in [3.63, 3.8) is 0 Å². The molecule has 2 rings (SSSR count). The van der Waals surface area contributed by atoms with Crippen LogP contribution in [0.25, 0.3) is 0 Å². The molecule has 0 aromatic heterocycles. The van der Waals surface area contributed by atoms with Gasteiger partial charge in [-0.15, -0.1) is 0 Å². The molecule has 0 fully saturated rings. The third-order valence-corrected chi connectivity index (χ3v) is 3.84. The summed E-state index contributed by atoms with van der Waals surface area (Å²) in [6.07, 6.45) is 0.902. The van der Waals surface area contributed by atoms with Crippen molar-refractivity contribution < 1.29 is 14.3 Å². The van der Waals surface area contributed by atoms with Crippen molar-refractivity contribution in [3.8, 4) is 5.75 Å². The quantitative estimate of drug-likeness (QED) is 0.618. The monoisotopic (exact) mass is 399 g/mol. The van der Waals surface area contributed by atoms with Gasteiger partial charge in [0, 0.05) is 23.4 Å². The van der Waals surface area contributed by atoms with Gasteiger partial charge >= 0.3 is 0 Å². The van der Waals surface area contributed by atoms with E-state index in [2.05, 4.69) is 16.0 Å². The Labute approximate surface area is 170 Å². The molecule has 0 atom stereocenters. The summed E-state index contributed by atoms with van der Waals surface area (Å²) in [6.45, 7) is 6.48. The molecule has 0 saturated heterocycles. The smallest absolute Gasteiger partial charge is 0.257 e. The van der Waals surface area contributed by atoms with Crippen LogP contribution in [0.15, 0.2) is 48.5 Å². The van der Waals surface area contributed by atoms with Gasteiger partial charge in [0.2, 0.25) is 0 Å². The fraction of sp³-hybridized carbons (Fsp3) is 0.286. The number of thiocarbonyl (C=S) groups is 1. The van der Waals surface area contributed by atoms with Gasteiger partial charge in [-0.3, -0.25) is 14.9 Å². The number of carbonyl (C=O) groups excluding carboxylic acids is 2. The summed E-state index contributed by atoms with van der Waals surface area (Å²) in [5.74, 6) is 0.175. The molecule has 0 radical (unpaired) electrons. The Balaban J connectivity index is 1.93. The van der Waals surface area contributed by atoms with Gasteiger partial charge in [-0.25, -0.2) is 0 Å². The van der Waals surface area contributed by atoms with Crippen molar-refractivity contribution in [1.29, 1.82) is 0 Å². The molecule has 0 aliphatic heterocycles. The molecule has 6 nitrogen and oxygen atoms in total. The van der Waals surface area contributed by atoms with Crippen LogP contribution in [-0.2, 0) is 0 Å². The van der Waals surface area contributed by atoms with E-state index in [1.807, 2.05) is 20.8 Å². The number of hydrogen-bond acceptors (Lipinski definition) is 4. The molecule has 0 spiro atoms. The molecule has 0 aliphatic rings. The molecule has 0 aliphatic carbocycles. The largest absolute Gasteiger partial charge is 0.491 e. The molecule has 2 amide bonds. The molecule has 0 heterocycles. The minimum Gasteiger partial charge on any atom is -0.491 e. The molecule has 148 valence electrons. The van der Waals surface area contributed by atoms with E-state index in [-0.39, 0.29) is 23.0 Å². The number of carbonyl (C=O) groups is 2. The van der Waals surface area contributed by atoms with Gasteiger partial charge in [0.25, 0.3) is 11.8 Å². The van der Waals surface area contributed by atoms with Crippen LogP contribution in [0.2, 0.25) is 0 Å². The summed E-state index contributed by atoms with van der Waals surface area (Å²) >= 11 is 5.20. The van der Waals surface area contributed by atoms with Gasteiger partial charge in [-0.2, -0.15) is 0 Å². The van der Waals surface area contributed by atoms with E-state index in [0.29, 0.717) is 29.1 Å². The summed E-state index contributed by atoms with van der Waals surface area (Å²) in [4.78, 5) is 24.3. The van der Waals surface area contributed by atoms with Crippen LogP contribution >= 0.6 is 12.2 Å². The first-order valence-corrected chi connectivity index (χ1v) is 9.57. The van der Waals surface area contributed by atoms with Crippen LogP contribution in [0.4, 0.5) is 5.69 Å². The van der Waals surface area contributed by atoms with E-state index in [4.69, 9.17) is 17.0 Å². The number of nitrogens with one attached hydrogen (secondary N) is 3. The predicted molar refractivity (Wildman–Crippen MR) is 115 cm³/mol. The maximum Gasteiger partial charge on any atom is 0.257 e. The minimum absolute atomic E-state index is 0.0214. The maximum atomic E-state index is 12.4. The number of ether oxygens (including phenoxy) is 1. The highest BCUT2D eigenvalue weighted by Gasteiger charge is 2.10. The Morgan fingerprint density at radius 3 is 2.39 bits per heavy atom. The average molecular weight is 400 g/mol. The third-order valence-electron chi connectivity index (χ3n) is 3.64. The molecule has 2 aromatic carbocycles. The fourth-order valence-electron chi connectivity index (χ4n) is 2.37. The lowest BCUT2D eigenvalue weighted by atomic mass is 10.2. The Hall–Kier alpha value is -2.93. The van der Waals surface area contributed by atoms with E-state index in [1.165, 1.54) is 0 Å². The van der Waals surface area contributed by atoms with Gasteiger partial charge in [0.05, 0.1) is 6.10 Å². The normalized spacial score (nSPS) is 10.3. The zero-order valence-electron chi connectivity index (χ0n) is 16.2. The van der Waals surface area contributed by atoms with E-state index in [9.17, 15) is 9.59 Å². The topological polar surface area (TPSA) is 79.5 Å². The van der Waals surface area contributed by atoms with Crippen LogP contribution in [0, 0.1) is 0 Å². The Morgan fingerprint density at radius 1 is 1.04 bits per heavy atom. The SMILES string of the molecule is CCCNC(=O)c1ccc(NC(=S)NC(=O)c2cccc(OC(C)C)c2)cc1.